The summed E-state index contributed by atoms with van der Waals surface area (Å²) < 4.78 is 0. The highest BCUT2D eigenvalue weighted by atomic mass is 32.1. The number of nitrogens with two attached hydrogens (primary N) is 1. The molecule has 2 N–H and O–H groups in total. The fourth-order valence-electron chi connectivity index (χ4n) is 1.64. The molecule has 0 unspecified atom stereocenters. The third kappa shape index (κ3) is 1.30. The molecule has 15 heavy (non-hydrogen) atoms. The fourth-order valence-corrected chi connectivity index (χ4v) is 2.40. The van der Waals surface area contributed by atoms with Crippen LogP contribution in [0.2, 0.25) is 0 Å². The molecule has 0 amide bonds. The zero-order valence-corrected chi connectivity index (χ0v) is 8.66. The van der Waals surface area contributed by atoms with Crippen LogP contribution in [-0.4, -0.2) is 4.98 Å². The van der Waals surface area contributed by atoms with Gasteiger partial charge in [0.25, 0.3) is 0 Å². The summed E-state index contributed by atoms with van der Waals surface area (Å²) in [5.41, 5.74) is 7.92. The van der Waals surface area contributed by atoms with Crippen LogP contribution in [-0.2, 0) is 0 Å². The third-order valence-electron chi connectivity index (χ3n) is 2.28. The maximum atomic E-state index is 5.74. The van der Waals surface area contributed by atoms with Gasteiger partial charge < -0.3 is 5.73 Å². The molecule has 1 aliphatic heterocycles. The molecule has 2 aromatic heterocycles. The maximum Gasteiger partial charge on any atom is 0.162 e. The van der Waals surface area contributed by atoms with E-state index in [0.29, 0.717) is 5.82 Å². The first-order valence-corrected chi connectivity index (χ1v) is 5.44. The van der Waals surface area contributed by atoms with E-state index in [1.807, 2.05) is 23.6 Å². The zero-order chi connectivity index (χ0) is 10.3. The van der Waals surface area contributed by atoms with Gasteiger partial charge in [-0.15, -0.1) is 11.3 Å². The van der Waals surface area contributed by atoms with Gasteiger partial charge in [0.15, 0.2) is 5.82 Å². The van der Waals surface area contributed by atoms with E-state index in [0.717, 1.165) is 16.9 Å². The van der Waals surface area contributed by atoms with Gasteiger partial charge in [-0.05, 0) is 23.6 Å². The number of pyridine rings is 1. The lowest BCUT2D eigenvalue weighted by Crippen LogP contribution is -1.96. The average Bonchev–Trinajstić information content (AvgIpc) is 2.86. The lowest BCUT2D eigenvalue weighted by atomic mass is 10.1. The molecule has 0 aliphatic carbocycles. The Morgan fingerprint density at radius 2 is 2.27 bits per heavy atom. The molecular formula is C11H8N3S. The molecule has 1 aliphatic rings. The molecule has 0 saturated heterocycles. The van der Waals surface area contributed by atoms with Gasteiger partial charge in [0.2, 0.25) is 0 Å². The first kappa shape index (κ1) is 8.49. The quantitative estimate of drug-likeness (QED) is 0.793. The Bertz CT molecular complexity index is 529. The van der Waals surface area contributed by atoms with Crippen LogP contribution in [0.1, 0.15) is 5.56 Å². The van der Waals surface area contributed by atoms with Crippen molar-refractivity contribution < 1.29 is 0 Å². The normalized spacial score (nSPS) is 12.5. The van der Waals surface area contributed by atoms with E-state index in [2.05, 4.69) is 16.4 Å². The van der Waals surface area contributed by atoms with E-state index >= 15 is 0 Å². The molecule has 0 spiro atoms. The topological polar surface area (TPSA) is 53.0 Å². The van der Waals surface area contributed by atoms with E-state index in [9.17, 15) is 0 Å². The van der Waals surface area contributed by atoms with Gasteiger partial charge in [0.1, 0.15) is 5.82 Å². The molecule has 0 fully saturated rings. The maximum absolute atomic E-state index is 5.74. The minimum Gasteiger partial charge on any atom is -0.384 e. The van der Waals surface area contributed by atoms with Crippen molar-refractivity contribution in [2.75, 3.05) is 5.73 Å². The Morgan fingerprint density at radius 3 is 3.07 bits per heavy atom. The van der Waals surface area contributed by atoms with Crippen molar-refractivity contribution in [3.63, 3.8) is 0 Å². The molecule has 4 heteroatoms. The highest BCUT2D eigenvalue weighted by Crippen LogP contribution is 2.35. The van der Waals surface area contributed by atoms with E-state index in [1.54, 1.807) is 17.5 Å². The van der Waals surface area contributed by atoms with Gasteiger partial charge in [0, 0.05) is 22.2 Å². The summed E-state index contributed by atoms with van der Waals surface area (Å²) in [6, 6.07) is 6.00. The molecule has 3 heterocycles. The van der Waals surface area contributed by atoms with Crippen molar-refractivity contribution in [2.24, 2.45) is 0 Å². The third-order valence-corrected chi connectivity index (χ3v) is 3.19. The number of thiophene rings is 1. The second kappa shape index (κ2) is 3.10. The molecule has 3 rings (SSSR count). The number of hydrogen-bond donors (Lipinski definition) is 1. The predicted octanol–water partition coefficient (Wildman–Crippen LogP) is 2.61. The standard InChI is InChI=1S/C11H8N3S/c12-10-6-8(9-2-1-5-15-9)7-3-4-13-11(7)14-10/h1-6H,(H2,12,14). The number of fused-ring (bicyclic) bond motifs is 1. The van der Waals surface area contributed by atoms with Crippen molar-refractivity contribution in [1.82, 2.24) is 10.3 Å². The van der Waals surface area contributed by atoms with Gasteiger partial charge in [-0.1, -0.05) is 6.07 Å². The summed E-state index contributed by atoms with van der Waals surface area (Å²) in [5, 5.41) is 6.21. The van der Waals surface area contributed by atoms with Crippen LogP contribution in [0.25, 0.3) is 16.5 Å². The Labute approximate surface area is 91.3 Å². The number of nitrogen functional groups attached to an aromatic ring is 1. The summed E-state index contributed by atoms with van der Waals surface area (Å²) in [6.45, 7) is 0. The van der Waals surface area contributed by atoms with Crippen LogP contribution in [0, 0.1) is 0 Å². The van der Waals surface area contributed by atoms with Crippen LogP contribution < -0.4 is 11.1 Å². The number of rotatable bonds is 1. The molecule has 0 atom stereocenters. The molecule has 2 aromatic rings. The van der Waals surface area contributed by atoms with Gasteiger partial charge in [-0.3, -0.25) is 0 Å². The van der Waals surface area contributed by atoms with E-state index < -0.39 is 0 Å². The smallest absolute Gasteiger partial charge is 0.162 e. The molecule has 73 valence electrons. The Balaban J connectivity index is 2.27. The van der Waals surface area contributed by atoms with E-state index in [1.165, 1.54) is 4.88 Å². The summed E-state index contributed by atoms with van der Waals surface area (Å²) in [6.07, 6.45) is 3.73. The van der Waals surface area contributed by atoms with Crippen molar-refractivity contribution in [3.8, 4) is 10.4 Å². The van der Waals surface area contributed by atoms with Crippen molar-refractivity contribution in [2.45, 2.75) is 0 Å². The Morgan fingerprint density at radius 1 is 1.33 bits per heavy atom. The lowest BCUT2D eigenvalue weighted by Gasteiger charge is -2.05. The fraction of sp³-hybridized carbons (Fsp3) is 0. The zero-order valence-electron chi connectivity index (χ0n) is 7.84. The number of aromatic nitrogens is 1. The highest BCUT2D eigenvalue weighted by Gasteiger charge is 2.15. The predicted molar refractivity (Wildman–Crippen MR) is 62.8 cm³/mol. The van der Waals surface area contributed by atoms with Gasteiger partial charge >= 0.3 is 0 Å². The van der Waals surface area contributed by atoms with E-state index in [4.69, 9.17) is 5.73 Å². The van der Waals surface area contributed by atoms with Crippen molar-refractivity contribution in [1.29, 1.82) is 0 Å². The van der Waals surface area contributed by atoms with E-state index in [-0.39, 0.29) is 0 Å². The van der Waals surface area contributed by atoms with Crippen LogP contribution in [0.4, 0.5) is 11.6 Å². The second-order valence-electron chi connectivity index (χ2n) is 3.25. The molecule has 0 saturated carbocycles. The van der Waals surface area contributed by atoms with Crippen LogP contribution in [0.15, 0.2) is 29.8 Å². The van der Waals surface area contributed by atoms with Crippen LogP contribution in [0.5, 0.6) is 0 Å². The first-order chi connectivity index (χ1) is 7.34. The average molecular weight is 214 g/mol. The summed E-state index contributed by atoms with van der Waals surface area (Å²) in [4.78, 5) is 5.37. The summed E-state index contributed by atoms with van der Waals surface area (Å²) in [7, 11) is 0. The Hall–Kier alpha value is -1.81. The summed E-state index contributed by atoms with van der Waals surface area (Å²) >= 11 is 1.69. The monoisotopic (exact) mass is 214 g/mol. The van der Waals surface area contributed by atoms with Gasteiger partial charge in [0.05, 0.1) is 0 Å². The summed E-state index contributed by atoms with van der Waals surface area (Å²) in [5.74, 6) is 1.24. The molecule has 3 nitrogen and oxygen atoms in total. The van der Waals surface area contributed by atoms with Crippen molar-refractivity contribution in [3.05, 3.63) is 35.3 Å². The number of hydrogen-bond acceptors (Lipinski definition) is 3. The molecule has 0 aromatic carbocycles. The molecule has 0 bridgehead atoms. The molecular weight excluding hydrogens is 206 g/mol. The highest BCUT2D eigenvalue weighted by molar-refractivity contribution is 7.13. The number of nitrogens with zero attached hydrogens (tertiary/aromatic N) is 2. The van der Waals surface area contributed by atoms with Gasteiger partial charge in [-0.25, -0.2) is 10.3 Å². The van der Waals surface area contributed by atoms with Crippen LogP contribution in [0.3, 0.4) is 0 Å². The second-order valence-corrected chi connectivity index (χ2v) is 4.20. The Kier molecular flexibility index (Phi) is 1.76. The first-order valence-electron chi connectivity index (χ1n) is 4.56. The van der Waals surface area contributed by atoms with Gasteiger partial charge in [-0.2, -0.15) is 0 Å². The number of anilines is 1. The SMILES string of the molecule is Nc1cc(-c2cccs2)c2c(n1)[N]C=C2. The minimum absolute atomic E-state index is 0.518. The lowest BCUT2D eigenvalue weighted by molar-refractivity contribution is 1.12. The minimum atomic E-state index is 0.518. The van der Waals surface area contributed by atoms with Crippen molar-refractivity contribution >= 4 is 29.0 Å². The van der Waals surface area contributed by atoms with Crippen LogP contribution >= 0.6 is 11.3 Å². The molecule has 1 radical (unpaired) electrons. The largest absolute Gasteiger partial charge is 0.384 e.